The van der Waals surface area contributed by atoms with E-state index in [1.165, 1.54) is 30.5 Å². The van der Waals surface area contributed by atoms with Gasteiger partial charge in [-0.2, -0.15) is 0 Å². The second kappa shape index (κ2) is 8.40. The van der Waals surface area contributed by atoms with Crippen molar-refractivity contribution in [2.75, 3.05) is 13.1 Å². The Morgan fingerprint density at radius 1 is 0.967 bits per heavy atom. The van der Waals surface area contributed by atoms with Crippen molar-refractivity contribution >= 4 is 5.71 Å². The highest BCUT2D eigenvalue weighted by Crippen LogP contribution is 2.22. The van der Waals surface area contributed by atoms with Gasteiger partial charge in [0.05, 0.1) is 22.8 Å². The molecule has 0 saturated carbocycles. The summed E-state index contributed by atoms with van der Waals surface area (Å²) >= 11 is 0. The Kier molecular flexibility index (Phi) is 5.32. The van der Waals surface area contributed by atoms with Crippen molar-refractivity contribution in [3.05, 3.63) is 77.3 Å². The van der Waals surface area contributed by atoms with E-state index < -0.39 is 0 Å². The molecule has 0 amide bonds. The molecule has 0 atom stereocenters. The van der Waals surface area contributed by atoms with E-state index in [1.54, 1.807) is 12.1 Å². The number of rotatable bonds is 4. The Balaban J connectivity index is 1.29. The largest absolute Gasteiger partial charge is 0.293 e. The van der Waals surface area contributed by atoms with E-state index in [0.717, 1.165) is 73.2 Å². The van der Waals surface area contributed by atoms with Crippen molar-refractivity contribution in [3.63, 3.8) is 0 Å². The smallest absolute Gasteiger partial charge is 0.173 e. The third kappa shape index (κ3) is 4.14. The predicted octanol–water partition coefficient (Wildman–Crippen LogP) is 4.21. The third-order valence-electron chi connectivity index (χ3n) is 5.73. The van der Waals surface area contributed by atoms with Crippen LogP contribution in [0.1, 0.15) is 42.0 Å². The number of hydrogen-bond acceptors (Lipinski definition) is 5. The van der Waals surface area contributed by atoms with Crippen molar-refractivity contribution in [1.29, 1.82) is 0 Å². The van der Waals surface area contributed by atoms with Crippen LogP contribution >= 0.6 is 0 Å². The normalized spacial score (nSPS) is 16.8. The molecule has 0 spiro atoms. The highest BCUT2D eigenvalue weighted by atomic mass is 19.1. The number of aromatic nitrogens is 3. The van der Waals surface area contributed by atoms with Crippen LogP contribution in [0.3, 0.4) is 0 Å². The Labute approximate surface area is 175 Å². The number of fused-ring (bicyclic) bond motifs is 1. The summed E-state index contributed by atoms with van der Waals surface area (Å²) in [5.41, 5.74) is 6.20. The zero-order valence-electron chi connectivity index (χ0n) is 16.9. The highest BCUT2D eigenvalue weighted by Gasteiger charge is 2.20. The summed E-state index contributed by atoms with van der Waals surface area (Å²) in [5.74, 6) is 0.582. The van der Waals surface area contributed by atoms with E-state index in [-0.39, 0.29) is 5.82 Å². The fourth-order valence-electron chi connectivity index (χ4n) is 4.11. The molecule has 0 radical (unpaired) electrons. The molecule has 5 rings (SSSR count). The maximum atomic E-state index is 13.2. The number of halogens is 1. The first-order valence-corrected chi connectivity index (χ1v) is 10.6. The SMILES string of the molecule is Fc1ccc(-c2cccc(CN3CCc4nc(C5=NCCCC5)ncc4C3)n2)cc1. The highest BCUT2D eigenvalue weighted by molar-refractivity contribution is 5.97. The van der Waals surface area contributed by atoms with Gasteiger partial charge in [-0.05, 0) is 55.7 Å². The lowest BCUT2D eigenvalue weighted by molar-refractivity contribution is 0.240. The first-order valence-electron chi connectivity index (χ1n) is 10.6. The Morgan fingerprint density at radius 2 is 1.87 bits per heavy atom. The number of nitrogens with zero attached hydrogens (tertiary/aromatic N) is 5. The van der Waals surface area contributed by atoms with Crippen LogP contribution in [-0.2, 0) is 19.5 Å². The minimum Gasteiger partial charge on any atom is -0.293 e. The first kappa shape index (κ1) is 19.0. The molecule has 0 unspecified atom stereocenters. The second-order valence-electron chi connectivity index (χ2n) is 7.93. The number of aliphatic imine (C=N–C) groups is 1. The first-order chi connectivity index (χ1) is 14.7. The molecule has 0 aliphatic carbocycles. The summed E-state index contributed by atoms with van der Waals surface area (Å²) in [5, 5.41) is 0. The van der Waals surface area contributed by atoms with E-state index in [9.17, 15) is 4.39 Å². The molecule has 5 nitrogen and oxygen atoms in total. The molecule has 2 aliphatic rings. The van der Waals surface area contributed by atoms with Gasteiger partial charge < -0.3 is 0 Å². The Hall–Kier alpha value is -2.99. The predicted molar refractivity (Wildman–Crippen MR) is 115 cm³/mol. The molecule has 152 valence electrons. The van der Waals surface area contributed by atoms with Gasteiger partial charge >= 0.3 is 0 Å². The Morgan fingerprint density at radius 3 is 2.70 bits per heavy atom. The topological polar surface area (TPSA) is 54.3 Å². The lowest BCUT2D eigenvalue weighted by Crippen LogP contribution is -2.31. The molecule has 2 aliphatic heterocycles. The summed E-state index contributed by atoms with van der Waals surface area (Å²) in [6.07, 6.45) is 6.22. The molecule has 0 fully saturated rings. The minimum atomic E-state index is -0.233. The maximum absolute atomic E-state index is 13.2. The zero-order valence-corrected chi connectivity index (χ0v) is 16.9. The van der Waals surface area contributed by atoms with Gasteiger partial charge in [0.15, 0.2) is 5.82 Å². The van der Waals surface area contributed by atoms with E-state index in [2.05, 4.69) is 14.9 Å². The van der Waals surface area contributed by atoms with Crippen LogP contribution in [-0.4, -0.2) is 38.7 Å². The molecule has 1 aromatic carbocycles. The molecule has 3 aromatic rings. The van der Waals surface area contributed by atoms with Crippen molar-refractivity contribution in [2.24, 2.45) is 4.99 Å². The minimum absolute atomic E-state index is 0.233. The summed E-state index contributed by atoms with van der Waals surface area (Å²) in [6.45, 7) is 3.43. The van der Waals surface area contributed by atoms with Gasteiger partial charge in [0.1, 0.15) is 5.82 Å². The van der Waals surface area contributed by atoms with Gasteiger partial charge in [-0.3, -0.25) is 14.9 Å². The van der Waals surface area contributed by atoms with E-state index in [0.29, 0.717) is 0 Å². The monoisotopic (exact) mass is 401 g/mol. The van der Waals surface area contributed by atoms with E-state index in [4.69, 9.17) is 9.97 Å². The molecular weight excluding hydrogens is 377 g/mol. The number of benzene rings is 1. The van der Waals surface area contributed by atoms with Crippen LogP contribution in [0.25, 0.3) is 11.3 Å². The Bertz CT molecular complexity index is 1080. The van der Waals surface area contributed by atoms with Gasteiger partial charge in [0, 0.05) is 49.9 Å². The lowest BCUT2D eigenvalue weighted by atomic mass is 10.1. The van der Waals surface area contributed by atoms with E-state index in [1.807, 2.05) is 24.4 Å². The van der Waals surface area contributed by atoms with Gasteiger partial charge in [0.25, 0.3) is 0 Å². The van der Waals surface area contributed by atoms with Gasteiger partial charge in [-0.15, -0.1) is 0 Å². The van der Waals surface area contributed by atoms with Crippen molar-refractivity contribution < 1.29 is 4.39 Å². The standard InChI is InChI=1S/C24H24FN5/c25-19-9-7-17(8-10-19)21-6-3-4-20(28-21)16-30-13-11-22-18(15-30)14-27-24(29-22)23-5-1-2-12-26-23/h3-4,6-10,14H,1-2,5,11-13,15-16H2. The zero-order chi connectivity index (χ0) is 20.3. The van der Waals surface area contributed by atoms with E-state index >= 15 is 0 Å². The molecule has 0 bridgehead atoms. The molecule has 30 heavy (non-hydrogen) atoms. The molecule has 0 saturated heterocycles. The molecule has 2 aromatic heterocycles. The van der Waals surface area contributed by atoms with Gasteiger partial charge in [0.2, 0.25) is 0 Å². The average Bonchev–Trinajstić information content (AvgIpc) is 2.80. The van der Waals surface area contributed by atoms with Crippen LogP contribution in [0.15, 0.2) is 53.7 Å². The third-order valence-corrected chi connectivity index (χ3v) is 5.73. The van der Waals surface area contributed by atoms with Crippen LogP contribution < -0.4 is 0 Å². The van der Waals surface area contributed by atoms with Crippen molar-refractivity contribution in [3.8, 4) is 11.3 Å². The van der Waals surface area contributed by atoms with Crippen molar-refractivity contribution in [1.82, 2.24) is 19.9 Å². The van der Waals surface area contributed by atoms with Crippen LogP contribution in [0, 0.1) is 5.82 Å². The van der Waals surface area contributed by atoms with Crippen LogP contribution in [0.2, 0.25) is 0 Å². The summed E-state index contributed by atoms with van der Waals surface area (Å²) in [7, 11) is 0. The quantitative estimate of drug-likeness (QED) is 0.657. The average molecular weight is 401 g/mol. The molecule has 4 heterocycles. The summed E-state index contributed by atoms with van der Waals surface area (Å²) in [4.78, 5) is 21.2. The van der Waals surface area contributed by atoms with Crippen LogP contribution in [0.4, 0.5) is 4.39 Å². The summed E-state index contributed by atoms with van der Waals surface area (Å²) < 4.78 is 13.2. The fraction of sp³-hybridized carbons (Fsp3) is 0.333. The summed E-state index contributed by atoms with van der Waals surface area (Å²) in [6, 6.07) is 12.5. The molecule has 0 N–H and O–H groups in total. The number of pyridine rings is 1. The fourth-order valence-corrected chi connectivity index (χ4v) is 4.11. The lowest BCUT2D eigenvalue weighted by Gasteiger charge is -2.28. The van der Waals surface area contributed by atoms with Gasteiger partial charge in [-0.25, -0.2) is 14.4 Å². The van der Waals surface area contributed by atoms with Gasteiger partial charge in [-0.1, -0.05) is 6.07 Å². The molecular formula is C24H24FN5. The number of hydrogen-bond donors (Lipinski definition) is 0. The molecule has 6 heteroatoms. The van der Waals surface area contributed by atoms with Crippen molar-refractivity contribution in [2.45, 2.75) is 38.8 Å². The second-order valence-corrected chi connectivity index (χ2v) is 7.93. The van der Waals surface area contributed by atoms with Crippen LogP contribution in [0.5, 0.6) is 0 Å². The maximum Gasteiger partial charge on any atom is 0.173 e.